The third kappa shape index (κ3) is 5.50. The molecule has 0 radical (unpaired) electrons. The van der Waals surface area contributed by atoms with Crippen molar-refractivity contribution < 1.29 is 19.1 Å². The average Bonchev–Trinajstić information content (AvgIpc) is 3.26. The first-order valence-corrected chi connectivity index (χ1v) is 11.8. The predicted octanol–water partition coefficient (Wildman–Crippen LogP) is 2.11. The lowest BCUT2D eigenvalue weighted by atomic mass is 10.1. The van der Waals surface area contributed by atoms with Crippen LogP contribution < -0.4 is 5.32 Å². The molecule has 10 nitrogen and oxygen atoms in total. The van der Waals surface area contributed by atoms with Crippen LogP contribution in [-0.4, -0.2) is 96.3 Å². The van der Waals surface area contributed by atoms with Gasteiger partial charge in [0.25, 0.3) is 5.91 Å². The molecule has 2 aromatic heterocycles. The molecule has 0 atom stereocenters. The Morgan fingerprint density at radius 2 is 1.91 bits per heavy atom. The fourth-order valence-corrected chi connectivity index (χ4v) is 4.42. The lowest BCUT2D eigenvalue weighted by Crippen LogP contribution is -2.49. The SMILES string of the molecule is CCn1c(-c2cccnc2)nc2cc(NC(=O)COC)cc(C(=O)N3CCN(CCOC)CC3)c21. The summed E-state index contributed by atoms with van der Waals surface area (Å²) in [6.45, 7) is 6.92. The number of carbonyl (C=O) groups is 2. The number of pyridine rings is 1. The third-order valence-electron chi connectivity index (χ3n) is 6.14. The second-order valence-corrected chi connectivity index (χ2v) is 8.42. The minimum atomic E-state index is -0.292. The maximum Gasteiger partial charge on any atom is 0.256 e. The van der Waals surface area contributed by atoms with Crippen molar-refractivity contribution in [3.05, 3.63) is 42.2 Å². The monoisotopic (exact) mass is 480 g/mol. The van der Waals surface area contributed by atoms with E-state index in [4.69, 9.17) is 14.5 Å². The van der Waals surface area contributed by atoms with Crippen LogP contribution in [0.5, 0.6) is 0 Å². The van der Waals surface area contributed by atoms with Gasteiger partial charge in [-0.05, 0) is 31.2 Å². The number of piperazine rings is 1. The van der Waals surface area contributed by atoms with Gasteiger partial charge in [0, 0.05) is 77.1 Å². The molecule has 1 aliphatic rings. The van der Waals surface area contributed by atoms with E-state index in [0.29, 0.717) is 43.0 Å². The quantitative estimate of drug-likeness (QED) is 0.500. The number of hydrogen-bond acceptors (Lipinski definition) is 7. The molecule has 1 aliphatic heterocycles. The van der Waals surface area contributed by atoms with Gasteiger partial charge in [-0.1, -0.05) is 0 Å². The van der Waals surface area contributed by atoms with E-state index in [1.54, 1.807) is 31.6 Å². The van der Waals surface area contributed by atoms with Crippen LogP contribution in [0.25, 0.3) is 22.4 Å². The van der Waals surface area contributed by atoms with Crippen molar-refractivity contribution in [1.29, 1.82) is 0 Å². The topological polar surface area (TPSA) is 102 Å². The number of anilines is 1. The number of aryl methyl sites for hydroxylation is 1. The number of nitrogens with one attached hydrogen (secondary N) is 1. The second-order valence-electron chi connectivity index (χ2n) is 8.42. The zero-order chi connectivity index (χ0) is 24.8. The highest BCUT2D eigenvalue weighted by Crippen LogP contribution is 2.30. The fourth-order valence-electron chi connectivity index (χ4n) is 4.42. The Bertz CT molecular complexity index is 1170. The molecule has 1 aromatic carbocycles. The summed E-state index contributed by atoms with van der Waals surface area (Å²) in [6.07, 6.45) is 3.47. The van der Waals surface area contributed by atoms with E-state index in [1.165, 1.54) is 7.11 Å². The van der Waals surface area contributed by atoms with Crippen molar-refractivity contribution >= 4 is 28.5 Å². The second kappa shape index (κ2) is 11.4. The molecule has 0 aliphatic carbocycles. The Morgan fingerprint density at radius 1 is 1.11 bits per heavy atom. The molecule has 1 N–H and O–H groups in total. The number of fused-ring (bicyclic) bond motifs is 1. The van der Waals surface area contributed by atoms with Crippen LogP contribution in [0.15, 0.2) is 36.7 Å². The van der Waals surface area contributed by atoms with Crippen LogP contribution in [0.1, 0.15) is 17.3 Å². The van der Waals surface area contributed by atoms with Gasteiger partial charge < -0.3 is 24.3 Å². The van der Waals surface area contributed by atoms with Gasteiger partial charge in [0.2, 0.25) is 5.91 Å². The van der Waals surface area contributed by atoms with Gasteiger partial charge in [-0.25, -0.2) is 4.98 Å². The molecule has 0 unspecified atom stereocenters. The van der Waals surface area contributed by atoms with Crippen molar-refractivity contribution in [3.8, 4) is 11.4 Å². The number of aromatic nitrogens is 3. The van der Waals surface area contributed by atoms with Crippen molar-refractivity contribution in [1.82, 2.24) is 24.3 Å². The summed E-state index contributed by atoms with van der Waals surface area (Å²) < 4.78 is 12.2. The Balaban J connectivity index is 1.74. The Kier molecular flexibility index (Phi) is 8.06. The normalized spacial score (nSPS) is 14.4. The van der Waals surface area contributed by atoms with E-state index in [-0.39, 0.29) is 18.4 Å². The standard InChI is InChI=1S/C25H32N6O4/c1-4-31-23-20(25(33)30-10-8-29(9-11-30)12-13-34-2)14-19(27-22(32)17-35-3)15-21(23)28-24(31)18-6-5-7-26-16-18/h5-7,14-16H,4,8-13,17H2,1-3H3,(H,27,32). The zero-order valence-electron chi connectivity index (χ0n) is 20.5. The number of methoxy groups -OCH3 is 2. The molecule has 0 spiro atoms. The van der Waals surface area contributed by atoms with Crippen molar-refractivity contribution in [2.75, 3.05) is 65.5 Å². The molecule has 0 saturated carbocycles. The molecule has 1 fully saturated rings. The Morgan fingerprint density at radius 3 is 2.57 bits per heavy atom. The first-order chi connectivity index (χ1) is 17.0. The summed E-state index contributed by atoms with van der Waals surface area (Å²) in [7, 11) is 3.16. The molecular weight excluding hydrogens is 448 g/mol. The van der Waals surface area contributed by atoms with Crippen LogP contribution in [0.2, 0.25) is 0 Å². The molecule has 1 saturated heterocycles. The van der Waals surface area contributed by atoms with Crippen LogP contribution in [0, 0.1) is 0 Å². The number of hydrogen-bond donors (Lipinski definition) is 1. The summed E-state index contributed by atoms with van der Waals surface area (Å²) in [5.74, 6) is 0.366. The van der Waals surface area contributed by atoms with Crippen LogP contribution in [-0.2, 0) is 20.8 Å². The summed E-state index contributed by atoms with van der Waals surface area (Å²) in [5, 5.41) is 2.83. The summed E-state index contributed by atoms with van der Waals surface area (Å²) in [4.78, 5) is 39.3. The number of rotatable bonds is 9. The number of nitrogens with zero attached hydrogens (tertiary/aromatic N) is 5. The zero-order valence-corrected chi connectivity index (χ0v) is 20.5. The smallest absolute Gasteiger partial charge is 0.256 e. The molecule has 35 heavy (non-hydrogen) atoms. The number of benzene rings is 1. The van der Waals surface area contributed by atoms with E-state index >= 15 is 0 Å². The van der Waals surface area contributed by atoms with E-state index in [2.05, 4.69) is 15.2 Å². The van der Waals surface area contributed by atoms with Gasteiger partial charge in [0.15, 0.2) is 0 Å². The first-order valence-electron chi connectivity index (χ1n) is 11.8. The molecule has 3 aromatic rings. The third-order valence-corrected chi connectivity index (χ3v) is 6.14. The summed E-state index contributed by atoms with van der Waals surface area (Å²) >= 11 is 0. The minimum absolute atomic E-state index is 0.0726. The Labute approximate surface area is 204 Å². The number of imidazole rings is 1. The van der Waals surface area contributed by atoms with Gasteiger partial charge in [-0.2, -0.15) is 0 Å². The molecular formula is C25H32N6O4. The van der Waals surface area contributed by atoms with Crippen molar-refractivity contribution in [2.45, 2.75) is 13.5 Å². The number of amides is 2. The summed E-state index contributed by atoms with van der Waals surface area (Å²) in [5.41, 5.74) is 3.29. The maximum atomic E-state index is 13.8. The fraction of sp³-hybridized carbons (Fsp3) is 0.440. The number of ether oxygens (including phenoxy) is 2. The van der Waals surface area contributed by atoms with Gasteiger partial charge in [-0.3, -0.25) is 19.5 Å². The van der Waals surface area contributed by atoms with Crippen LogP contribution in [0.3, 0.4) is 0 Å². The van der Waals surface area contributed by atoms with Crippen molar-refractivity contribution in [2.24, 2.45) is 0 Å². The van der Waals surface area contributed by atoms with Crippen LogP contribution in [0.4, 0.5) is 5.69 Å². The van der Waals surface area contributed by atoms with Crippen molar-refractivity contribution in [3.63, 3.8) is 0 Å². The van der Waals surface area contributed by atoms with E-state index in [0.717, 1.165) is 36.5 Å². The lowest BCUT2D eigenvalue weighted by Gasteiger charge is -2.34. The van der Waals surface area contributed by atoms with Gasteiger partial charge >= 0.3 is 0 Å². The maximum absolute atomic E-state index is 13.8. The van der Waals surface area contributed by atoms with Gasteiger partial charge in [0.05, 0.1) is 23.2 Å². The molecule has 3 heterocycles. The van der Waals surface area contributed by atoms with E-state index in [9.17, 15) is 9.59 Å². The lowest BCUT2D eigenvalue weighted by molar-refractivity contribution is -0.119. The highest BCUT2D eigenvalue weighted by molar-refractivity contribution is 6.08. The van der Waals surface area contributed by atoms with Gasteiger partial charge in [-0.15, -0.1) is 0 Å². The minimum Gasteiger partial charge on any atom is -0.383 e. The van der Waals surface area contributed by atoms with Crippen LogP contribution >= 0.6 is 0 Å². The van der Waals surface area contributed by atoms with E-state index < -0.39 is 0 Å². The summed E-state index contributed by atoms with van der Waals surface area (Å²) in [6, 6.07) is 7.35. The highest BCUT2D eigenvalue weighted by Gasteiger charge is 2.26. The molecule has 10 heteroatoms. The molecule has 4 rings (SSSR count). The van der Waals surface area contributed by atoms with Gasteiger partial charge in [0.1, 0.15) is 12.4 Å². The largest absolute Gasteiger partial charge is 0.383 e. The number of carbonyl (C=O) groups excluding carboxylic acids is 2. The molecule has 2 amide bonds. The molecule has 186 valence electrons. The predicted molar refractivity (Wildman–Crippen MR) is 133 cm³/mol. The molecule has 0 bridgehead atoms. The first kappa shape index (κ1) is 24.8. The highest BCUT2D eigenvalue weighted by atomic mass is 16.5. The van der Waals surface area contributed by atoms with E-state index in [1.807, 2.05) is 28.5 Å². The Hall–Kier alpha value is -3.34. The average molecular weight is 481 g/mol.